The maximum absolute atomic E-state index is 12.0. The molecule has 11 heteroatoms. The number of nitrogens with zero attached hydrogens (tertiary/aromatic N) is 4. The molecule has 0 unspecified atom stereocenters. The molecule has 2 aromatic carbocycles. The molecule has 1 N–H and O–H groups in total. The van der Waals surface area contributed by atoms with E-state index < -0.39 is 0 Å². The molecule has 0 aliphatic carbocycles. The van der Waals surface area contributed by atoms with Crippen molar-refractivity contribution in [1.29, 1.82) is 0 Å². The van der Waals surface area contributed by atoms with E-state index in [2.05, 4.69) is 20.3 Å². The van der Waals surface area contributed by atoms with Gasteiger partial charge in [0.1, 0.15) is 17.3 Å². The predicted molar refractivity (Wildman–Crippen MR) is 141 cm³/mol. The third-order valence-electron chi connectivity index (χ3n) is 5.32. The molecule has 37 heavy (non-hydrogen) atoms. The smallest absolute Gasteiger partial charge is 0.251 e. The van der Waals surface area contributed by atoms with Crippen molar-refractivity contribution in [3.05, 3.63) is 70.8 Å². The molecule has 0 aliphatic rings. The first-order valence-corrected chi connectivity index (χ1v) is 12.2. The van der Waals surface area contributed by atoms with Crippen molar-refractivity contribution >= 4 is 23.5 Å². The molecule has 0 fully saturated rings. The molecule has 1 aromatic heterocycles. The van der Waals surface area contributed by atoms with Crippen molar-refractivity contribution in [1.82, 2.24) is 20.3 Å². The minimum atomic E-state index is -0.124. The summed E-state index contributed by atoms with van der Waals surface area (Å²) in [6.45, 7) is 4.66. The van der Waals surface area contributed by atoms with Crippen LogP contribution in [0, 0.1) is 6.92 Å². The number of ether oxygens (including phenoxy) is 4. The average Bonchev–Trinajstić information content (AvgIpc) is 2.91. The third kappa shape index (κ3) is 8.85. The summed E-state index contributed by atoms with van der Waals surface area (Å²) in [5, 5.41) is 2.94. The lowest BCUT2D eigenvalue weighted by molar-refractivity contribution is 0.0505. The zero-order chi connectivity index (χ0) is 26.5. The van der Waals surface area contributed by atoms with E-state index in [-0.39, 0.29) is 11.2 Å². The van der Waals surface area contributed by atoms with Crippen molar-refractivity contribution in [2.75, 3.05) is 58.6 Å². The van der Waals surface area contributed by atoms with Crippen molar-refractivity contribution in [2.45, 2.75) is 13.5 Å². The number of amides is 1. The Morgan fingerprint density at radius 2 is 1.57 bits per heavy atom. The lowest BCUT2D eigenvalue weighted by Crippen LogP contribution is -2.30. The Morgan fingerprint density at radius 1 is 0.892 bits per heavy atom. The number of carbonyl (C=O) groups excluding carboxylic acids is 1. The number of hydrogen-bond donors (Lipinski definition) is 1. The summed E-state index contributed by atoms with van der Waals surface area (Å²) in [5.74, 6) is 2.20. The zero-order valence-corrected chi connectivity index (χ0v) is 22.0. The second-order valence-corrected chi connectivity index (χ2v) is 8.20. The Morgan fingerprint density at radius 3 is 2.22 bits per heavy atom. The second kappa shape index (κ2) is 14.9. The molecule has 0 radical (unpaired) electrons. The van der Waals surface area contributed by atoms with Gasteiger partial charge in [-0.1, -0.05) is 24.3 Å². The van der Waals surface area contributed by atoms with E-state index in [1.54, 1.807) is 33.3 Å². The fourth-order valence-corrected chi connectivity index (χ4v) is 3.72. The molecule has 0 aliphatic heterocycles. The largest absolute Gasteiger partial charge is 0.496 e. The number of halogens is 1. The summed E-state index contributed by atoms with van der Waals surface area (Å²) >= 11 is 6.10. The van der Waals surface area contributed by atoms with Gasteiger partial charge in [-0.3, -0.25) is 4.79 Å². The molecule has 0 saturated carbocycles. The monoisotopic (exact) mass is 529 g/mol. The minimum absolute atomic E-state index is 0.119. The van der Waals surface area contributed by atoms with Crippen LogP contribution in [0.5, 0.6) is 11.5 Å². The van der Waals surface area contributed by atoms with E-state index in [1.165, 1.54) is 0 Å². The van der Waals surface area contributed by atoms with Gasteiger partial charge in [0, 0.05) is 18.7 Å². The maximum Gasteiger partial charge on any atom is 0.251 e. The summed E-state index contributed by atoms with van der Waals surface area (Å²) in [7, 11) is 3.23. The van der Waals surface area contributed by atoms with Gasteiger partial charge in [0.05, 0.1) is 52.8 Å². The normalized spacial score (nSPS) is 10.7. The highest BCUT2D eigenvalue weighted by Crippen LogP contribution is 2.30. The number of benzene rings is 2. The van der Waals surface area contributed by atoms with Crippen LogP contribution in [0.4, 0.5) is 5.95 Å². The van der Waals surface area contributed by atoms with Gasteiger partial charge < -0.3 is 29.2 Å². The lowest BCUT2D eigenvalue weighted by Gasteiger charge is -2.25. The van der Waals surface area contributed by atoms with Gasteiger partial charge in [0.25, 0.3) is 5.91 Å². The number of carbonyl (C=O) groups is 1. The van der Waals surface area contributed by atoms with Gasteiger partial charge in [0.2, 0.25) is 11.2 Å². The number of hydrogen-bond acceptors (Lipinski definition) is 9. The van der Waals surface area contributed by atoms with Crippen LogP contribution in [0.2, 0.25) is 5.28 Å². The fraction of sp³-hybridized carbons (Fsp3) is 0.385. The molecule has 0 spiro atoms. The number of aromatic nitrogens is 3. The maximum atomic E-state index is 12.0. The van der Waals surface area contributed by atoms with Crippen molar-refractivity contribution < 1.29 is 23.7 Å². The van der Waals surface area contributed by atoms with Gasteiger partial charge in [-0.25, -0.2) is 4.98 Å². The van der Waals surface area contributed by atoms with Gasteiger partial charge in [-0.2, -0.15) is 9.97 Å². The van der Waals surface area contributed by atoms with Crippen LogP contribution < -0.4 is 19.7 Å². The predicted octanol–water partition coefficient (Wildman–Crippen LogP) is 3.32. The Bertz CT molecular complexity index is 1090. The topological polar surface area (TPSA) is 108 Å². The Hall–Kier alpha value is -3.47. The summed E-state index contributed by atoms with van der Waals surface area (Å²) in [5.41, 5.74) is 1.47. The van der Waals surface area contributed by atoms with Crippen LogP contribution in [0.15, 0.2) is 48.5 Å². The summed E-state index contributed by atoms with van der Waals surface area (Å²) < 4.78 is 22.4. The number of nitrogens with one attached hydrogen (secondary N) is 1. The van der Waals surface area contributed by atoms with E-state index in [4.69, 9.17) is 30.5 Å². The van der Waals surface area contributed by atoms with Gasteiger partial charge in [-0.05, 0) is 42.8 Å². The first-order valence-electron chi connectivity index (χ1n) is 11.8. The average molecular weight is 530 g/mol. The summed E-state index contributed by atoms with van der Waals surface area (Å²) in [6, 6.07) is 14.7. The van der Waals surface area contributed by atoms with E-state index >= 15 is 0 Å². The quantitative estimate of drug-likeness (QED) is 0.296. The molecular formula is C26H32ClN5O5. The molecule has 198 valence electrons. The number of aryl methyl sites for hydroxylation is 1. The molecule has 0 saturated heterocycles. The van der Waals surface area contributed by atoms with E-state index in [1.807, 2.05) is 41.3 Å². The fourth-order valence-electron chi connectivity index (χ4n) is 3.53. The van der Waals surface area contributed by atoms with Crippen molar-refractivity contribution in [3.8, 4) is 11.5 Å². The van der Waals surface area contributed by atoms with Crippen LogP contribution >= 0.6 is 11.6 Å². The SMILES string of the molecule is COc1cccc(OC)c1CN(CCOCCOCCNC(=O)c1ccccc1)c1nc(C)nc(Cl)n1. The summed E-state index contributed by atoms with van der Waals surface area (Å²) in [6.07, 6.45) is 0. The van der Waals surface area contributed by atoms with Crippen LogP contribution in [0.25, 0.3) is 0 Å². The van der Waals surface area contributed by atoms with Gasteiger partial charge >= 0.3 is 0 Å². The molecule has 3 aromatic rings. The Kier molecular flexibility index (Phi) is 11.3. The Labute approximate surface area is 221 Å². The second-order valence-electron chi connectivity index (χ2n) is 7.86. The van der Waals surface area contributed by atoms with Crippen LogP contribution in [-0.4, -0.2) is 74.6 Å². The standard InChI is InChI=1S/C26H32ClN5O5/c1-19-29-25(27)31-26(30-19)32(18-21-22(34-2)10-7-11-23(21)35-3)13-15-37-17-16-36-14-12-28-24(33)20-8-5-4-6-9-20/h4-11H,12-18H2,1-3H3,(H,28,33). The third-order valence-corrected chi connectivity index (χ3v) is 5.48. The highest BCUT2D eigenvalue weighted by Gasteiger charge is 2.18. The summed E-state index contributed by atoms with van der Waals surface area (Å²) in [4.78, 5) is 26.8. The lowest BCUT2D eigenvalue weighted by atomic mass is 10.1. The molecule has 0 atom stereocenters. The zero-order valence-electron chi connectivity index (χ0n) is 21.3. The van der Waals surface area contributed by atoms with Crippen LogP contribution in [0.1, 0.15) is 21.7 Å². The highest BCUT2D eigenvalue weighted by atomic mass is 35.5. The van der Waals surface area contributed by atoms with Crippen LogP contribution in [0.3, 0.4) is 0 Å². The van der Waals surface area contributed by atoms with Gasteiger partial charge in [0.15, 0.2) is 0 Å². The van der Waals surface area contributed by atoms with Crippen molar-refractivity contribution in [2.24, 2.45) is 0 Å². The minimum Gasteiger partial charge on any atom is -0.496 e. The first kappa shape index (κ1) is 28.1. The number of anilines is 1. The van der Waals surface area contributed by atoms with Crippen molar-refractivity contribution in [3.63, 3.8) is 0 Å². The van der Waals surface area contributed by atoms with E-state index in [9.17, 15) is 4.79 Å². The number of methoxy groups -OCH3 is 2. The van der Waals surface area contributed by atoms with Gasteiger partial charge in [-0.15, -0.1) is 0 Å². The van der Waals surface area contributed by atoms with E-state index in [0.717, 1.165) is 5.56 Å². The molecule has 10 nitrogen and oxygen atoms in total. The highest BCUT2D eigenvalue weighted by molar-refractivity contribution is 6.28. The Balaban J connectivity index is 1.48. The molecule has 3 rings (SSSR count). The molecule has 1 amide bonds. The molecular weight excluding hydrogens is 498 g/mol. The van der Waals surface area contributed by atoms with Crippen LogP contribution in [-0.2, 0) is 16.0 Å². The molecule has 1 heterocycles. The first-order chi connectivity index (χ1) is 18.0. The molecule has 0 bridgehead atoms. The van der Waals surface area contributed by atoms with E-state index in [0.29, 0.717) is 74.9 Å². The number of rotatable bonds is 15.